The number of aromatic nitrogens is 1. The summed E-state index contributed by atoms with van der Waals surface area (Å²) < 4.78 is 23.0. The Balaban J connectivity index is 2.27. The highest BCUT2D eigenvalue weighted by Gasteiger charge is 2.28. The molecule has 1 fully saturated rings. The van der Waals surface area contributed by atoms with Gasteiger partial charge in [-0.2, -0.15) is 0 Å². The van der Waals surface area contributed by atoms with E-state index in [-0.39, 0.29) is 23.4 Å². The van der Waals surface area contributed by atoms with Crippen molar-refractivity contribution in [3.8, 4) is 0 Å². The van der Waals surface area contributed by atoms with Crippen molar-refractivity contribution < 1.29 is 8.42 Å². The lowest BCUT2D eigenvalue weighted by molar-refractivity contribution is 0.568. The van der Waals surface area contributed by atoms with Gasteiger partial charge in [-0.15, -0.1) is 0 Å². The molecule has 0 saturated carbocycles. The van der Waals surface area contributed by atoms with Crippen molar-refractivity contribution in [2.24, 2.45) is 5.73 Å². The highest BCUT2D eigenvalue weighted by atomic mass is 32.2. The van der Waals surface area contributed by atoms with Crippen LogP contribution in [0.3, 0.4) is 0 Å². The zero-order valence-electron chi connectivity index (χ0n) is 10.1. The minimum Gasteiger partial charge on any atom is -0.382 e. The number of pyridine rings is 1. The smallest absolute Gasteiger partial charge is 0.154 e. The van der Waals surface area contributed by atoms with Gasteiger partial charge in [0.2, 0.25) is 0 Å². The number of sulfone groups is 1. The van der Waals surface area contributed by atoms with E-state index in [1.807, 2.05) is 11.8 Å². The minimum absolute atomic E-state index is 0.0778. The molecule has 3 N–H and O–H groups in total. The number of anilines is 1. The molecule has 1 aromatic rings. The minimum atomic E-state index is -2.92. The van der Waals surface area contributed by atoms with Gasteiger partial charge >= 0.3 is 0 Å². The summed E-state index contributed by atoms with van der Waals surface area (Å²) in [7, 11) is -2.92. The summed E-state index contributed by atoms with van der Waals surface area (Å²) in [4.78, 5) is 6.00. The molecular formula is C11H16N4O2S. The molecule has 1 atom stereocenters. The van der Waals surface area contributed by atoms with E-state index in [0.717, 1.165) is 5.69 Å². The Morgan fingerprint density at radius 2 is 2.33 bits per heavy atom. The van der Waals surface area contributed by atoms with Crippen molar-refractivity contribution in [2.45, 2.75) is 13.0 Å². The molecule has 2 rings (SSSR count). The number of hydrogen-bond donors (Lipinski definition) is 2. The lowest BCUT2D eigenvalue weighted by Gasteiger charge is -2.35. The second kappa shape index (κ2) is 4.56. The summed E-state index contributed by atoms with van der Waals surface area (Å²) in [5.41, 5.74) is 6.67. The molecule has 2 heterocycles. The fourth-order valence-corrected chi connectivity index (χ4v) is 3.68. The molecule has 0 spiro atoms. The van der Waals surface area contributed by atoms with Gasteiger partial charge in [-0.25, -0.2) is 8.42 Å². The molecular weight excluding hydrogens is 252 g/mol. The molecule has 1 aromatic heterocycles. The van der Waals surface area contributed by atoms with Gasteiger partial charge in [-0.05, 0) is 19.1 Å². The quantitative estimate of drug-likeness (QED) is 0.580. The Morgan fingerprint density at radius 1 is 1.61 bits per heavy atom. The molecule has 1 saturated heterocycles. The van der Waals surface area contributed by atoms with Crippen molar-refractivity contribution >= 4 is 21.4 Å². The fraction of sp³-hybridized carbons (Fsp3) is 0.455. The average Bonchev–Trinajstić information content (AvgIpc) is 2.28. The van der Waals surface area contributed by atoms with Crippen LogP contribution in [-0.4, -0.2) is 43.3 Å². The van der Waals surface area contributed by atoms with Crippen LogP contribution in [0, 0.1) is 5.41 Å². The Bertz CT molecular complexity index is 570. The second-order valence-corrected chi connectivity index (χ2v) is 6.70. The van der Waals surface area contributed by atoms with Gasteiger partial charge in [0, 0.05) is 24.5 Å². The molecule has 1 unspecified atom stereocenters. The molecule has 98 valence electrons. The van der Waals surface area contributed by atoms with E-state index < -0.39 is 9.84 Å². The summed E-state index contributed by atoms with van der Waals surface area (Å²) in [5, 5.41) is 7.36. The Kier molecular flexibility index (Phi) is 3.25. The van der Waals surface area contributed by atoms with Gasteiger partial charge in [0.15, 0.2) is 9.84 Å². The maximum absolute atomic E-state index is 11.5. The summed E-state index contributed by atoms with van der Waals surface area (Å²) >= 11 is 0. The summed E-state index contributed by atoms with van der Waals surface area (Å²) in [6.07, 6.45) is 1.59. The normalized spacial score (nSPS) is 22.7. The second-order valence-electron chi connectivity index (χ2n) is 4.47. The van der Waals surface area contributed by atoms with Crippen LogP contribution in [0.25, 0.3) is 0 Å². The largest absolute Gasteiger partial charge is 0.382 e. The summed E-state index contributed by atoms with van der Waals surface area (Å²) in [6.45, 7) is 2.34. The number of rotatable bonds is 2. The molecule has 18 heavy (non-hydrogen) atoms. The van der Waals surface area contributed by atoms with Gasteiger partial charge < -0.3 is 10.6 Å². The maximum atomic E-state index is 11.5. The molecule has 1 aliphatic heterocycles. The number of nitrogen functional groups attached to an aromatic ring is 1. The maximum Gasteiger partial charge on any atom is 0.154 e. The Labute approximate surface area is 106 Å². The first-order valence-corrected chi connectivity index (χ1v) is 7.49. The fourth-order valence-electron chi connectivity index (χ4n) is 2.13. The molecule has 7 heteroatoms. The van der Waals surface area contributed by atoms with Crippen LogP contribution in [0.2, 0.25) is 0 Å². The van der Waals surface area contributed by atoms with E-state index in [1.54, 1.807) is 18.3 Å². The summed E-state index contributed by atoms with van der Waals surface area (Å²) in [6, 6.07) is 3.45. The van der Waals surface area contributed by atoms with Crippen LogP contribution in [0.4, 0.5) is 5.69 Å². The van der Waals surface area contributed by atoms with Crippen molar-refractivity contribution in [3.63, 3.8) is 0 Å². The number of hydrogen-bond acceptors (Lipinski definition) is 5. The van der Waals surface area contributed by atoms with Gasteiger partial charge in [-0.3, -0.25) is 10.4 Å². The topological polar surface area (TPSA) is 100 Å². The third-order valence-corrected chi connectivity index (χ3v) is 4.82. The van der Waals surface area contributed by atoms with Crippen LogP contribution in [-0.2, 0) is 9.84 Å². The van der Waals surface area contributed by atoms with Crippen molar-refractivity contribution in [3.05, 3.63) is 24.0 Å². The van der Waals surface area contributed by atoms with Crippen molar-refractivity contribution in [1.29, 1.82) is 5.41 Å². The van der Waals surface area contributed by atoms with E-state index in [0.29, 0.717) is 12.2 Å². The van der Waals surface area contributed by atoms with E-state index >= 15 is 0 Å². The molecule has 0 amide bonds. The highest BCUT2D eigenvalue weighted by Crippen LogP contribution is 2.21. The zero-order chi connectivity index (χ0) is 13.3. The Hall–Kier alpha value is -1.63. The number of amidine groups is 1. The van der Waals surface area contributed by atoms with Crippen LogP contribution in [0.15, 0.2) is 18.3 Å². The molecule has 0 radical (unpaired) electrons. The Morgan fingerprint density at radius 3 is 2.94 bits per heavy atom. The van der Waals surface area contributed by atoms with E-state index in [2.05, 4.69) is 4.98 Å². The average molecular weight is 268 g/mol. The third kappa shape index (κ3) is 2.61. The lowest BCUT2D eigenvalue weighted by atomic mass is 10.2. The molecule has 6 nitrogen and oxygen atoms in total. The third-order valence-electron chi connectivity index (χ3n) is 3.02. The zero-order valence-corrected chi connectivity index (χ0v) is 10.9. The van der Waals surface area contributed by atoms with Crippen LogP contribution in [0.1, 0.15) is 12.6 Å². The predicted octanol–water partition coefficient (Wildman–Crippen LogP) is -0.0110. The highest BCUT2D eigenvalue weighted by molar-refractivity contribution is 7.91. The molecule has 0 aliphatic carbocycles. The SMILES string of the molecule is CC1CS(=O)(=O)CCN1c1ccnc(C(=N)N)c1. The van der Waals surface area contributed by atoms with Gasteiger partial charge in [-0.1, -0.05) is 0 Å². The first-order chi connectivity index (χ1) is 8.39. The molecule has 1 aliphatic rings. The van der Waals surface area contributed by atoms with Gasteiger partial charge in [0.05, 0.1) is 11.5 Å². The van der Waals surface area contributed by atoms with Crippen molar-refractivity contribution in [1.82, 2.24) is 4.98 Å². The summed E-state index contributed by atoms with van der Waals surface area (Å²) in [5.74, 6) is 0.230. The number of nitrogens with zero attached hydrogens (tertiary/aromatic N) is 2. The first-order valence-electron chi connectivity index (χ1n) is 5.66. The lowest BCUT2D eigenvalue weighted by Crippen LogP contribution is -2.47. The van der Waals surface area contributed by atoms with Crippen LogP contribution in [0.5, 0.6) is 0 Å². The van der Waals surface area contributed by atoms with Crippen LogP contribution < -0.4 is 10.6 Å². The van der Waals surface area contributed by atoms with Gasteiger partial charge in [0.1, 0.15) is 11.5 Å². The standard InChI is InChI=1S/C11H16N4O2S/c1-8-7-18(16,17)5-4-15(8)9-2-3-14-10(6-9)11(12)13/h2-3,6,8H,4-5,7H2,1H3,(H3,12,13). The van der Waals surface area contributed by atoms with Gasteiger partial charge in [0.25, 0.3) is 0 Å². The molecule has 0 aromatic carbocycles. The van der Waals surface area contributed by atoms with E-state index in [1.165, 1.54) is 0 Å². The number of nitrogens with two attached hydrogens (primary N) is 1. The first kappa shape index (κ1) is 12.8. The van der Waals surface area contributed by atoms with E-state index in [4.69, 9.17) is 11.1 Å². The van der Waals surface area contributed by atoms with Crippen molar-refractivity contribution in [2.75, 3.05) is 23.0 Å². The predicted molar refractivity (Wildman–Crippen MR) is 70.7 cm³/mol. The van der Waals surface area contributed by atoms with Crippen LogP contribution >= 0.6 is 0 Å². The monoisotopic (exact) mass is 268 g/mol. The van der Waals surface area contributed by atoms with E-state index in [9.17, 15) is 8.42 Å². The molecule has 0 bridgehead atoms. The number of nitrogens with one attached hydrogen (secondary N) is 1.